The molecule has 1 aliphatic rings. The Bertz CT molecular complexity index is 1340. The van der Waals surface area contributed by atoms with Gasteiger partial charge in [0.2, 0.25) is 0 Å². The van der Waals surface area contributed by atoms with Crippen LogP contribution in [0.15, 0.2) is 98.1 Å². The number of ketones is 2. The number of nitrogens with one attached hydrogen (secondary N) is 2. The molecule has 0 aliphatic heterocycles. The van der Waals surface area contributed by atoms with Crippen LogP contribution < -0.4 is 10.6 Å². The number of anilines is 4. The zero-order chi connectivity index (χ0) is 23.7. The zero-order valence-corrected chi connectivity index (χ0v) is 18.5. The first-order valence-electron chi connectivity index (χ1n) is 10.9. The van der Waals surface area contributed by atoms with Crippen molar-refractivity contribution in [2.24, 2.45) is 0 Å². The van der Waals surface area contributed by atoms with Crippen molar-refractivity contribution < 1.29 is 9.59 Å². The van der Waals surface area contributed by atoms with E-state index in [1.54, 1.807) is 36.4 Å². The van der Waals surface area contributed by atoms with Crippen LogP contribution in [0, 0.1) is 0 Å². The monoisotopic (exact) mass is 442 g/mol. The van der Waals surface area contributed by atoms with Gasteiger partial charge in [0.15, 0.2) is 11.6 Å². The molecule has 0 heterocycles. The van der Waals surface area contributed by atoms with Crippen LogP contribution in [-0.2, 0) is 0 Å². The Kier molecular flexibility index (Phi) is 5.40. The lowest BCUT2D eigenvalue weighted by Gasteiger charge is -2.24. The highest BCUT2D eigenvalue weighted by Crippen LogP contribution is 2.38. The van der Waals surface area contributed by atoms with E-state index in [4.69, 9.17) is 0 Å². The Morgan fingerprint density at radius 2 is 0.912 bits per heavy atom. The maximum absolute atomic E-state index is 13.6. The lowest BCUT2D eigenvalue weighted by Crippen LogP contribution is -2.23. The van der Waals surface area contributed by atoms with E-state index in [-0.39, 0.29) is 11.6 Å². The molecule has 0 bridgehead atoms. The molecular weight excluding hydrogens is 420 g/mol. The van der Waals surface area contributed by atoms with Crippen molar-refractivity contribution in [1.29, 1.82) is 0 Å². The quantitative estimate of drug-likeness (QED) is 0.291. The van der Waals surface area contributed by atoms with Gasteiger partial charge < -0.3 is 10.6 Å². The molecule has 0 radical (unpaired) electrons. The van der Waals surface area contributed by atoms with Gasteiger partial charge in [-0.05, 0) is 47.5 Å². The molecule has 4 aromatic carbocycles. The molecule has 0 atom stereocenters. The normalized spacial score (nSPS) is 11.9. The maximum atomic E-state index is 13.6. The molecule has 0 aromatic heterocycles. The van der Waals surface area contributed by atoms with Crippen LogP contribution in [-0.4, -0.2) is 11.6 Å². The van der Waals surface area contributed by atoms with Crippen LogP contribution in [0.5, 0.6) is 0 Å². The summed E-state index contributed by atoms with van der Waals surface area (Å²) in [7, 11) is 0. The Balaban J connectivity index is 1.62. The van der Waals surface area contributed by atoms with Crippen LogP contribution in [0.25, 0.3) is 12.2 Å². The maximum Gasteiger partial charge on any atom is 0.196 e. The average Bonchev–Trinajstić information content (AvgIpc) is 2.89. The minimum atomic E-state index is -0.180. The summed E-state index contributed by atoms with van der Waals surface area (Å²) < 4.78 is 0. The molecule has 4 heteroatoms. The number of hydrogen-bond acceptors (Lipinski definition) is 4. The van der Waals surface area contributed by atoms with Crippen molar-refractivity contribution >= 4 is 46.5 Å². The summed E-state index contributed by atoms with van der Waals surface area (Å²) in [4.78, 5) is 27.2. The van der Waals surface area contributed by atoms with Crippen molar-refractivity contribution in [3.63, 3.8) is 0 Å². The molecule has 0 spiro atoms. The molecule has 4 nitrogen and oxygen atoms in total. The fourth-order valence-corrected chi connectivity index (χ4v) is 4.15. The molecular formula is C30H22N2O2. The van der Waals surface area contributed by atoms with Crippen molar-refractivity contribution in [3.05, 3.63) is 131 Å². The first kappa shape index (κ1) is 21.2. The first-order valence-corrected chi connectivity index (χ1v) is 10.9. The number of carbonyl (C=O) groups is 2. The summed E-state index contributed by atoms with van der Waals surface area (Å²) in [6.45, 7) is 7.56. The van der Waals surface area contributed by atoms with Crippen LogP contribution >= 0.6 is 0 Å². The lowest BCUT2D eigenvalue weighted by molar-refractivity contribution is 0.0980. The van der Waals surface area contributed by atoms with E-state index in [0.717, 1.165) is 22.5 Å². The van der Waals surface area contributed by atoms with E-state index in [9.17, 15) is 9.59 Å². The second-order valence-electron chi connectivity index (χ2n) is 8.02. The molecule has 2 N–H and O–H groups in total. The summed E-state index contributed by atoms with van der Waals surface area (Å²) in [5, 5.41) is 6.65. The highest BCUT2D eigenvalue weighted by molar-refractivity contribution is 6.32. The van der Waals surface area contributed by atoms with Crippen LogP contribution in [0.1, 0.15) is 43.0 Å². The predicted molar refractivity (Wildman–Crippen MR) is 139 cm³/mol. The molecule has 4 aromatic rings. The van der Waals surface area contributed by atoms with E-state index >= 15 is 0 Å². The second kappa shape index (κ2) is 8.68. The molecule has 0 fully saturated rings. The van der Waals surface area contributed by atoms with Crippen LogP contribution in [0.2, 0.25) is 0 Å². The third-order valence-electron chi connectivity index (χ3n) is 5.93. The molecule has 34 heavy (non-hydrogen) atoms. The van der Waals surface area contributed by atoms with Gasteiger partial charge in [-0.3, -0.25) is 9.59 Å². The summed E-state index contributed by atoms with van der Waals surface area (Å²) in [5.74, 6) is -0.359. The Morgan fingerprint density at radius 1 is 0.529 bits per heavy atom. The van der Waals surface area contributed by atoms with Gasteiger partial charge in [0.1, 0.15) is 0 Å². The number of hydrogen-bond donors (Lipinski definition) is 2. The minimum Gasteiger partial charge on any atom is -0.355 e. The van der Waals surface area contributed by atoms with E-state index in [1.807, 2.05) is 60.7 Å². The van der Waals surface area contributed by atoms with Gasteiger partial charge in [-0.1, -0.05) is 73.8 Å². The number of benzene rings is 4. The third kappa shape index (κ3) is 3.71. The van der Waals surface area contributed by atoms with Crippen LogP contribution in [0.3, 0.4) is 0 Å². The number of carbonyl (C=O) groups excluding carboxylic acids is 2. The molecule has 164 valence electrons. The zero-order valence-electron chi connectivity index (χ0n) is 18.5. The van der Waals surface area contributed by atoms with E-state index in [0.29, 0.717) is 33.6 Å². The SMILES string of the molecule is C=Cc1ccc(Nc2ccc(Nc3ccc(C=C)cc3)c3c2C(=O)c2ccccc2C3=O)cc1. The van der Waals surface area contributed by atoms with Gasteiger partial charge in [-0.15, -0.1) is 0 Å². The lowest BCUT2D eigenvalue weighted by atomic mass is 9.82. The van der Waals surface area contributed by atoms with Crippen molar-refractivity contribution in [1.82, 2.24) is 0 Å². The van der Waals surface area contributed by atoms with Gasteiger partial charge >= 0.3 is 0 Å². The Hall–Kier alpha value is -4.70. The highest BCUT2D eigenvalue weighted by Gasteiger charge is 2.34. The topological polar surface area (TPSA) is 58.2 Å². The minimum absolute atomic E-state index is 0.180. The van der Waals surface area contributed by atoms with Crippen molar-refractivity contribution in [2.75, 3.05) is 10.6 Å². The van der Waals surface area contributed by atoms with Gasteiger partial charge in [0.25, 0.3) is 0 Å². The standard InChI is InChI=1S/C30H22N2O2/c1-3-19-9-13-21(14-10-19)31-25-17-18-26(32-22-15-11-20(4-2)12-16-22)28-27(25)29(33)23-7-5-6-8-24(23)30(28)34/h3-18,31-32H,1-2H2. The molecule has 0 saturated heterocycles. The summed E-state index contributed by atoms with van der Waals surface area (Å²) in [6.07, 6.45) is 3.54. The summed E-state index contributed by atoms with van der Waals surface area (Å²) in [6, 6.07) is 26.0. The Morgan fingerprint density at radius 3 is 1.26 bits per heavy atom. The molecule has 1 aliphatic carbocycles. The fraction of sp³-hybridized carbons (Fsp3) is 0. The van der Waals surface area contributed by atoms with Gasteiger partial charge in [-0.2, -0.15) is 0 Å². The smallest absolute Gasteiger partial charge is 0.196 e. The summed E-state index contributed by atoms with van der Waals surface area (Å²) >= 11 is 0. The predicted octanol–water partition coefficient (Wildman–Crippen LogP) is 7.24. The van der Waals surface area contributed by atoms with E-state index in [1.165, 1.54) is 0 Å². The molecule has 0 saturated carbocycles. The molecule has 0 amide bonds. The Labute approximate surface area is 198 Å². The van der Waals surface area contributed by atoms with Gasteiger partial charge in [0.05, 0.1) is 22.5 Å². The first-order chi connectivity index (χ1) is 16.6. The largest absolute Gasteiger partial charge is 0.355 e. The molecule has 5 rings (SSSR count). The van der Waals surface area contributed by atoms with Crippen molar-refractivity contribution in [3.8, 4) is 0 Å². The highest BCUT2D eigenvalue weighted by atomic mass is 16.1. The van der Waals surface area contributed by atoms with Gasteiger partial charge in [-0.25, -0.2) is 0 Å². The van der Waals surface area contributed by atoms with E-state index in [2.05, 4.69) is 23.8 Å². The van der Waals surface area contributed by atoms with Crippen LogP contribution in [0.4, 0.5) is 22.7 Å². The fourth-order valence-electron chi connectivity index (χ4n) is 4.15. The summed E-state index contributed by atoms with van der Waals surface area (Å²) in [5.41, 5.74) is 6.34. The average molecular weight is 443 g/mol. The van der Waals surface area contributed by atoms with Gasteiger partial charge in [0, 0.05) is 22.5 Å². The van der Waals surface area contributed by atoms with Crippen molar-refractivity contribution in [2.45, 2.75) is 0 Å². The third-order valence-corrected chi connectivity index (χ3v) is 5.93. The number of fused-ring (bicyclic) bond motifs is 2. The van der Waals surface area contributed by atoms with E-state index < -0.39 is 0 Å². The second-order valence-corrected chi connectivity index (χ2v) is 8.02. The molecule has 0 unspecified atom stereocenters. The number of rotatable bonds is 6.